The molecule has 10 aromatic rings. The van der Waals surface area contributed by atoms with Gasteiger partial charge in [0.15, 0.2) is 0 Å². The lowest BCUT2D eigenvalue weighted by Gasteiger charge is -2.33. The van der Waals surface area contributed by atoms with Crippen LogP contribution >= 0.6 is 0 Å². The third kappa shape index (κ3) is 7.30. The maximum absolute atomic E-state index is 2.44. The van der Waals surface area contributed by atoms with Crippen LogP contribution in [0, 0.1) is 5.92 Å². The van der Waals surface area contributed by atoms with Crippen LogP contribution in [-0.4, -0.2) is 4.57 Å². The fourth-order valence-corrected chi connectivity index (χ4v) is 11.0. The zero-order valence-corrected chi connectivity index (χ0v) is 38.6. The number of nitrogens with zero attached hydrogens (tertiary/aromatic N) is 2. The van der Waals surface area contributed by atoms with E-state index < -0.39 is 0 Å². The molecule has 0 N–H and O–H groups in total. The van der Waals surface area contributed by atoms with Crippen molar-refractivity contribution in [2.75, 3.05) is 4.90 Å². The predicted molar refractivity (Wildman–Crippen MR) is 289 cm³/mol. The van der Waals surface area contributed by atoms with Gasteiger partial charge in [0.2, 0.25) is 0 Å². The first-order valence-electron chi connectivity index (χ1n) is 24.0. The summed E-state index contributed by atoms with van der Waals surface area (Å²) in [5.74, 6) is 0.460. The lowest BCUT2D eigenvalue weighted by atomic mass is 9.70. The molecule has 2 unspecified atom stereocenters. The molecule has 12 rings (SSSR count). The van der Waals surface area contributed by atoms with Crippen LogP contribution in [0.3, 0.4) is 0 Å². The third-order valence-electron chi connectivity index (χ3n) is 14.5. The Kier molecular flexibility index (Phi) is 10.4. The van der Waals surface area contributed by atoms with E-state index >= 15 is 0 Å². The van der Waals surface area contributed by atoms with Gasteiger partial charge in [-0.15, -0.1) is 0 Å². The molecule has 0 saturated heterocycles. The summed E-state index contributed by atoms with van der Waals surface area (Å²) >= 11 is 0. The Balaban J connectivity index is 0.952. The van der Waals surface area contributed by atoms with E-state index in [1.54, 1.807) is 0 Å². The molecule has 2 heteroatoms. The van der Waals surface area contributed by atoms with Crippen molar-refractivity contribution in [3.8, 4) is 39.1 Å². The molecule has 326 valence electrons. The average molecular weight is 873 g/mol. The highest BCUT2D eigenvalue weighted by atomic mass is 15.1. The summed E-state index contributed by atoms with van der Waals surface area (Å²) in [6, 6.07) is 80.5. The lowest BCUT2D eigenvalue weighted by Crippen LogP contribution is -2.26. The standard InChI is InChI=1S/C66H52N2/c1-46-19-9-11-30-59(46)54-42-52(47-20-5-3-6-21-47)41-53(43-54)48-36-38-57(39-37-48)67(62-34-17-23-49-22-10-12-31-60(49)62)58-29-16-25-51(45-58)50-24-15-26-55(44-50)66(2)40-18-35-64-65(66)61-32-13-14-33-63(61)68(64)56-27-7-4-8-28-56/h3-18,20-39,41-46H,19,40H2,1-2H3. The number of allylic oxidation sites excluding steroid dienone is 5. The Bertz CT molecular complexity index is 3580. The van der Waals surface area contributed by atoms with Gasteiger partial charge in [-0.3, -0.25) is 0 Å². The molecule has 0 radical (unpaired) electrons. The number of hydrogen-bond acceptors (Lipinski definition) is 1. The molecule has 0 saturated carbocycles. The minimum absolute atomic E-state index is 0.238. The van der Waals surface area contributed by atoms with Crippen LogP contribution in [0.5, 0.6) is 0 Å². The number of hydrogen-bond donors (Lipinski definition) is 0. The van der Waals surface area contributed by atoms with Crippen molar-refractivity contribution < 1.29 is 0 Å². The van der Waals surface area contributed by atoms with Crippen LogP contribution < -0.4 is 4.90 Å². The van der Waals surface area contributed by atoms with E-state index in [0.29, 0.717) is 5.92 Å². The fourth-order valence-electron chi connectivity index (χ4n) is 11.0. The zero-order valence-electron chi connectivity index (χ0n) is 38.6. The Morgan fingerprint density at radius 3 is 1.93 bits per heavy atom. The van der Waals surface area contributed by atoms with E-state index in [2.05, 4.69) is 272 Å². The van der Waals surface area contributed by atoms with Gasteiger partial charge in [0.05, 0.1) is 16.9 Å². The summed E-state index contributed by atoms with van der Waals surface area (Å²) in [6.45, 7) is 4.77. The van der Waals surface area contributed by atoms with Crippen molar-refractivity contribution in [3.63, 3.8) is 0 Å². The molecule has 2 aliphatic rings. The molecule has 2 atom stereocenters. The first-order chi connectivity index (χ1) is 33.5. The average Bonchev–Trinajstić information content (AvgIpc) is 3.75. The quantitative estimate of drug-likeness (QED) is 0.140. The lowest BCUT2D eigenvalue weighted by molar-refractivity contribution is 0.578. The van der Waals surface area contributed by atoms with E-state index in [0.717, 1.165) is 29.9 Å². The number of rotatable bonds is 9. The molecule has 9 aromatic carbocycles. The minimum Gasteiger partial charge on any atom is -0.310 e. The molecule has 0 aliphatic heterocycles. The second-order valence-corrected chi connectivity index (χ2v) is 18.8. The van der Waals surface area contributed by atoms with E-state index in [1.165, 1.54) is 88.7 Å². The van der Waals surface area contributed by atoms with Crippen LogP contribution in [0.2, 0.25) is 0 Å². The highest BCUT2D eigenvalue weighted by Gasteiger charge is 2.37. The fraction of sp³-hybridized carbons (Fsp3) is 0.0909. The molecule has 0 spiro atoms. The van der Waals surface area contributed by atoms with Crippen LogP contribution in [0.4, 0.5) is 17.1 Å². The summed E-state index contributed by atoms with van der Waals surface area (Å²) in [7, 11) is 0. The second kappa shape index (κ2) is 17.2. The van der Waals surface area contributed by atoms with Gasteiger partial charge in [0.25, 0.3) is 0 Å². The van der Waals surface area contributed by atoms with E-state index in [9.17, 15) is 0 Å². The van der Waals surface area contributed by atoms with Crippen molar-refractivity contribution in [1.82, 2.24) is 4.57 Å². The maximum atomic E-state index is 2.44. The first-order valence-corrected chi connectivity index (χ1v) is 24.0. The van der Waals surface area contributed by atoms with Crippen molar-refractivity contribution in [2.45, 2.75) is 32.1 Å². The van der Waals surface area contributed by atoms with E-state index in [1.807, 2.05) is 0 Å². The number of anilines is 3. The van der Waals surface area contributed by atoms with Gasteiger partial charge < -0.3 is 9.47 Å². The molecule has 0 fully saturated rings. The SMILES string of the molecule is CC1CC=CC=C1c1cc(-c2ccccc2)cc(-c2ccc(N(c3cccc(-c4cccc(C5(C)CC=Cc6c5c5ccccc5n6-c5ccccc5)c4)c3)c3cccc4ccccc34)cc2)c1. The Labute approximate surface area is 400 Å². The van der Waals surface area contributed by atoms with Crippen LogP contribution in [0.15, 0.2) is 243 Å². The third-order valence-corrected chi connectivity index (χ3v) is 14.5. The molecular weight excluding hydrogens is 821 g/mol. The minimum atomic E-state index is -0.238. The van der Waals surface area contributed by atoms with Crippen LogP contribution in [-0.2, 0) is 5.41 Å². The number of fused-ring (bicyclic) bond motifs is 4. The van der Waals surface area contributed by atoms with Gasteiger partial charge >= 0.3 is 0 Å². The maximum Gasteiger partial charge on any atom is 0.0540 e. The highest BCUT2D eigenvalue weighted by Crippen LogP contribution is 2.48. The molecule has 0 bridgehead atoms. The van der Waals surface area contributed by atoms with Gasteiger partial charge in [-0.05, 0) is 153 Å². The predicted octanol–water partition coefficient (Wildman–Crippen LogP) is 18.0. The Morgan fingerprint density at radius 1 is 0.500 bits per heavy atom. The van der Waals surface area contributed by atoms with Gasteiger partial charge in [-0.2, -0.15) is 0 Å². The Morgan fingerprint density at radius 2 is 1.13 bits per heavy atom. The Hall–Kier alpha value is -8.20. The monoisotopic (exact) mass is 872 g/mol. The summed E-state index contributed by atoms with van der Waals surface area (Å²) in [5.41, 5.74) is 19.4. The van der Waals surface area contributed by atoms with Gasteiger partial charge in [0, 0.05) is 33.2 Å². The molecular formula is C66H52N2. The summed E-state index contributed by atoms with van der Waals surface area (Å²) in [4.78, 5) is 2.43. The van der Waals surface area contributed by atoms with Crippen molar-refractivity contribution in [1.29, 1.82) is 0 Å². The van der Waals surface area contributed by atoms with Gasteiger partial charge in [0.1, 0.15) is 0 Å². The van der Waals surface area contributed by atoms with Crippen molar-refractivity contribution in [3.05, 3.63) is 265 Å². The number of para-hydroxylation sites is 2. The smallest absolute Gasteiger partial charge is 0.0540 e. The summed E-state index contributed by atoms with van der Waals surface area (Å²) in [5, 5.41) is 3.73. The number of aromatic nitrogens is 1. The van der Waals surface area contributed by atoms with Crippen LogP contribution in [0.1, 0.15) is 49.1 Å². The summed E-state index contributed by atoms with van der Waals surface area (Å²) in [6.07, 6.45) is 13.5. The molecule has 2 nitrogen and oxygen atoms in total. The molecule has 2 aliphatic carbocycles. The topological polar surface area (TPSA) is 8.17 Å². The summed E-state index contributed by atoms with van der Waals surface area (Å²) < 4.78 is 2.44. The molecule has 1 heterocycles. The van der Waals surface area contributed by atoms with E-state index in [-0.39, 0.29) is 5.41 Å². The van der Waals surface area contributed by atoms with Crippen molar-refractivity contribution in [2.24, 2.45) is 5.92 Å². The van der Waals surface area contributed by atoms with Gasteiger partial charge in [-0.25, -0.2) is 0 Å². The van der Waals surface area contributed by atoms with Gasteiger partial charge in [-0.1, -0.05) is 190 Å². The largest absolute Gasteiger partial charge is 0.310 e. The molecule has 0 amide bonds. The van der Waals surface area contributed by atoms with E-state index in [4.69, 9.17) is 0 Å². The number of benzene rings is 9. The highest BCUT2D eigenvalue weighted by molar-refractivity contribution is 5.99. The first kappa shape index (κ1) is 41.2. The normalized spacial score (nSPS) is 16.4. The molecule has 68 heavy (non-hydrogen) atoms. The van der Waals surface area contributed by atoms with Crippen molar-refractivity contribution >= 4 is 50.4 Å². The second-order valence-electron chi connectivity index (χ2n) is 18.8. The molecule has 1 aromatic heterocycles. The van der Waals surface area contributed by atoms with Crippen LogP contribution in [0.25, 0.3) is 72.4 Å². The zero-order chi connectivity index (χ0) is 45.6.